The van der Waals surface area contributed by atoms with E-state index in [9.17, 15) is 21.7 Å². The van der Waals surface area contributed by atoms with Crippen molar-refractivity contribution < 1.29 is 21.7 Å². The number of nitrogens with one attached hydrogen (secondary N) is 2. The Morgan fingerprint density at radius 1 is 1.08 bits per heavy atom. The van der Waals surface area contributed by atoms with Crippen molar-refractivity contribution in [1.82, 2.24) is 0 Å². The van der Waals surface area contributed by atoms with Gasteiger partial charge in [0.05, 0.1) is 30.9 Å². The maximum Gasteiger partial charge on any atom is 0.264 e. The average Bonchev–Trinajstić information content (AvgIpc) is 2.81. The second-order valence-corrected chi connectivity index (χ2v) is 16.4. The van der Waals surface area contributed by atoms with E-state index in [0.717, 1.165) is 12.0 Å². The van der Waals surface area contributed by atoms with Gasteiger partial charge in [0, 0.05) is 30.9 Å². The molecule has 0 saturated carbocycles. The first-order valence-electron chi connectivity index (χ1n) is 12.2. The fourth-order valence-electron chi connectivity index (χ4n) is 4.25. The van der Waals surface area contributed by atoms with Crippen LogP contribution < -0.4 is 9.62 Å². The molecule has 0 amide bonds. The predicted molar refractivity (Wildman–Crippen MR) is 150 cm³/mol. The maximum atomic E-state index is 13.8. The summed E-state index contributed by atoms with van der Waals surface area (Å²) >= 11 is 0. The monoisotopic (exact) mass is 557 g/mol. The van der Waals surface area contributed by atoms with Crippen LogP contribution in [0.1, 0.15) is 39.2 Å². The Hall–Kier alpha value is -1.79. The minimum absolute atomic E-state index is 0.00305. The third-order valence-corrected chi connectivity index (χ3v) is 11.2. The first-order chi connectivity index (χ1) is 16.7. The van der Waals surface area contributed by atoms with Crippen molar-refractivity contribution in [3.63, 3.8) is 0 Å². The van der Waals surface area contributed by atoms with Crippen molar-refractivity contribution in [3.8, 4) is 0 Å². The molecule has 2 aromatic rings. The van der Waals surface area contributed by atoms with Crippen LogP contribution in [0.15, 0.2) is 52.3 Å². The van der Waals surface area contributed by atoms with Crippen LogP contribution in [0.2, 0.25) is 0 Å². The Bertz CT molecular complexity index is 1250. The normalized spacial score (nSPS) is 19.0. The molecule has 2 aromatic carbocycles. The van der Waals surface area contributed by atoms with Crippen LogP contribution in [0.3, 0.4) is 0 Å². The molecular formula is C25H39N3O5S3. The Balaban J connectivity index is 1.93. The third kappa shape index (κ3) is 7.16. The van der Waals surface area contributed by atoms with E-state index >= 15 is 0 Å². The smallest absolute Gasteiger partial charge is 0.264 e. The van der Waals surface area contributed by atoms with E-state index in [0.29, 0.717) is 42.3 Å². The summed E-state index contributed by atoms with van der Waals surface area (Å²) in [6.07, 6.45) is 3.47. The van der Waals surface area contributed by atoms with E-state index in [1.807, 2.05) is 45.0 Å². The first kappa shape index (κ1) is 28.8. The molecule has 1 unspecified atom stereocenters. The summed E-state index contributed by atoms with van der Waals surface area (Å²) in [4.78, 5) is 0.145. The number of rotatable bonds is 10. The van der Waals surface area contributed by atoms with Gasteiger partial charge in [-0.1, -0.05) is 32.9 Å². The quantitative estimate of drug-likeness (QED) is 0.296. The van der Waals surface area contributed by atoms with E-state index in [1.54, 1.807) is 6.07 Å². The van der Waals surface area contributed by atoms with Gasteiger partial charge in [-0.3, -0.25) is 13.4 Å². The number of hydrogen-bond donors (Lipinski definition) is 4. The standard InChI is InChI=1S/C25H39N3O5S3/c1-5-20-6-8-22(9-7-20)28(18-19(2)3)36(32,33)23-10-11-24(25(16-23)34(4,26)29)27-17-21-12-14-35(30,31)15-13-21/h6-11,16,19,21,26-27,30-31H,5,12-15,17-18H2,1-4H3. The van der Waals surface area contributed by atoms with Crippen LogP contribution in [0.25, 0.3) is 0 Å². The van der Waals surface area contributed by atoms with Crippen LogP contribution in [-0.4, -0.2) is 52.6 Å². The summed E-state index contributed by atoms with van der Waals surface area (Å²) in [5, 5.41) is 3.24. The zero-order valence-corrected chi connectivity index (χ0v) is 23.9. The van der Waals surface area contributed by atoms with Crippen molar-refractivity contribution in [1.29, 1.82) is 4.78 Å². The molecule has 202 valence electrons. The molecule has 0 radical (unpaired) electrons. The molecule has 0 bridgehead atoms. The zero-order chi connectivity index (χ0) is 26.7. The van der Waals surface area contributed by atoms with Gasteiger partial charge in [0.1, 0.15) is 0 Å². The molecule has 1 fully saturated rings. The van der Waals surface area contributed by atoms with Gasteiger partial charge in [-0.15, -0.1) is 0 Å². The van der Waals surface area contributed by atoms with Gasteiger partial charge in [0.25, 0.3) is 10.0 Å². The number of aryl methyl sites for hydroxylation is 1. The van der Waals surface area contributed by atoms with E-state index in [-0.39, 0.29) is 28.2 Å². The van der Waals surface area contributed by atoms with Gasteiger partial charge in [-0.2, -0.15) is 10.6 Å². The highest BCUT2D eigenvalue weighted by Gasteiger charge is 2.28. The molecule has 4 N–H and O–H groups in total. The molecule has 1 heterocycles. The Labute approximate surface area is 217 Å². The Morgan fingerprint density at radius 2 is 1.69 bits per heavy atom. The van der Waals surface area contributed by atoms with Crippen LogP contribution in [0.5, 0.6) is 0 Å². The van der Waals surface area contributed by atoms with Gasteiger partial charge < -0.3 is 5.32 Å². The Morgan fingerprint density at radius 3 is 2.22 bits per heavy atom. The van der Waals surface area contributed by atoms with Crippen molar-refractivity contribution in [2.45, 2.75) is 49.8 Å². The minimum atomic E-state index is -3.97. The highest BCUT2D eigenvalue weighted by Crippen LogP contribution is 2.45. The molecule has 0 aliphatic carbocycles. The number of sulfonamides is 1. The highest BCUT2D eigenvalue weighted by molar-refractivity contribution is 8.24. The summed E-state index contributed by atoms with van der Waals surface area (Å²) in [6, 6.07) is 11.9. The Kier molecular flexibility index (Phi) is 9.04. The largest absolute Gasteiger partial charge is 0.384 e. The van der Waals surface area contributed by atoms with Crippen LogP contribution in [-0.2, 0) is 26.2 Å². The lowest BCUT2D eigenvalue weighted by molar-refractivity contribution is 0.428. The molecule has 8 nitrogen and oxygen atoms in total. The van der Waals surface area contributed by atoms with Gasteiger partial charge in [0.15, 0.2) is 0 Å². The molecular weight excluding hydrogens is 518 g/mol. The molecule has 36 heavy (non-hydrogen) atoms. The molecule has 0 aromatic heterocycles. The molecule has 11 heteroatoms. The lowest BCUT2D eigenvalue weighted by atomic mass is 10.0. The zero-order valence-electron chi connectivity index (χ0n) is 21.4. The van der Waals surface area contributed by atoms with Crippen molar-refractivity contribution in [3.05, 3.63) is 48.0 Å². The predicted octanol–water partition coefficient (Wildman–Crippen LogP) is 5.71. The molecule has 0 spiro atoms. The van der Waals surface area contributed by atoms with E-state index in [2.05, 4.69) is 5.32 Å². The van der Waals surface area contributed by atoms with E-state index in [1.165, 1.54) is 22.7 Å². The van der Waals surface area contributed by atoms with E-state index in [4.69, 9.17) is 4.78 Å². The van der Waals surface area contributed by atoms with Crippen molar-refractivity contribution >= 4 is 41.7 Å². The van der Waals surface area contributed by atoms with Crippen LogP contribution in [0, 0.1) is 16.6 Å². The van der Waals surface area contributed by atoms with Gasteiger partial charge in [0.2, 0.25) is 0 Å². The summed E-state index contributed by atoms with van der Waals surface area (Å²) in [5.41, 5.74) is 2.15. The fraction of sp³-hybridized carbons (Fsp3) is 0.520. The molecule has 1 aliphatic rings. The summed E-state index contributed by atoms with van der Waals surface area (Å²) in [5.74, 6) is 1.04. The van der Waals surface area contributed by atoms with Gasteiger partial charge in [-0.05, 0) is 67.0 Å². The molecule has 1 atom stereocenters. The number of benzene rings is 2. The number of nitrogens with zero attached hydrogens (tertiary/aromatic N) is 1. The second-order valence-electron chi connectivity index (χ2n) is 9.99. The van der Waals surface area contributed by atoms with Crippen LogP contribution in [0.4, 0.5) is 11.4 Å². The van der Waals surface area contributed by atoms with Gasteiger partial charge in [-0.25, -0.2) is 17.4 Å². The summed E-state index contributed by atoms with van der Waals surface area (Å²) in [6.45, 7) is 6.75. The average molecular weight is 558 g/mol. The highest BCUT2D eigenvalue weighted by atomic mass is 32.3. The fourth-order valence-corrected chi connectivity index (χ4v) is 8.51. The topological polar surface area (TPSA) is 131 Å². The minimum Gasteiger partial charge on any atom is -0.384 e. The maximum absolute atomic E-state index is 13.8. The molecule has 1 saturated heterocycles. The van der Waals surface area contributed by atoms with Crippen LogP contribution >= 0.6 is 10.6 Å². The van der Waals surface area contributed by atoms with Gasteiger partial charge >= 0.3 is 0 Å². The SMILES string of the molecule is CCc1ccc(N(CC(C)C)S(=O)(=O)c2ccc(NCC3CCS(O)(O)CC3)c(S(C)(=N)=O)c2)cc1. The summed E-state index contributed by atoms with van der Waals surface area (Å²) in [7, 11) is -9.68. The van der Waals surface area contributed by atoms with E-state index < -0.39 is 30.3 Å². The molecule has 1 aliphatic heterocycles. The lowest BCUT2D eigenvalue weighted by Gasteiger charge is -2.39. The van der Waals surface area contributed by atoms with Crippen molar-refractivity contribution in [2.75, 3.05) is 40.5 Å². The third-order valence-electron chi connectivity index (χ3n) is 6.41. The summed E-state index contributed by atoms with van der Waals surface area (Å²) < 4.78 is 69.7. The second kappa shape index (κ2) is 11.3. The first-order valence-corrected chi connectivity index (χ1v) is 17.5. The lowest BCUT2D eigenvalue weighted by Crippen LogP contribution is -2.34. The van der Waals surface area contributed by atoms with Crippen molar-refractivity contribution in [2.24, 2.45) is 11.8 Å². The number of anilines is 2. The molecule has 3 rings (SSSR count). The number of hydrogen-bond acceptors (Lipinski definition) is 7.